The first-order chi connectivity index (χ1) is 8.56. The molecule has 0 fully saturated rings. The van der Waals surface area contributed by atoms with Crippen molar-refractivity contribution in [3.05, 3.63) is 53.0 Å². The Hall–Kier alpha value is -2.23. The Bertz CT molecular complexity index is 572. The van der Waals surface area contributed by atoms with E-state index in [2.05, 4.69) is 25.2 Å². The predicted molar refractivity (Wildman–Crippen MR) is 68.9 cm³/mol. The number of benzene rings is 1. The minimum Gasteiger partial charge on any atom is -0.475 e. The smallest absolute Gasteiger partial charge is 0.371 e. The van der Waals surface area contributed by atoms with Crippen molar-refractivity contribution >= 4 is 11.7 Å². The molecule has 0 saturated heterocycles. The summed E-state index contributed by atoms with van der Waals surface area (Å²) < 4.78 is 5.16. The lowest BCUT2D eigenvalue weighted by atomic mass is 10.1. The molecule has 1 heterocycles. The fraction of sp³-hybridized carbons (Fsp3) is 0.214. The number of carbonyl (C=O) groups is 1. The summed E-state index contributed by atoms with van der Waals surface area (Å²) >= 11 is 0. The minimum absolute atomic E-state index is 0.0353. The Morgan fingerprint density at radius 3 is 2.61 bits per heavy atom. The summed E-state index contributed by atoms with van der Waals surface area (Å²) in [7, 11) is 0. The molecule has 0 aliphatic carbocycles. The topological polar surface area (TPSA) is 62.5 Å². The van der Waals surface area contributed by atoms with E-state index >= 15 is 0 Å². The van der Waals surface area contributed by atoms with Gasteiger partial charge in [0.05, 0.1) is 6.54 Å². The quantitative estimate of drug-likeness (QED) is 0.868. The van der Waals surface area contributed by atoms with E-state index in [1.54, 1.807) is 6.07 Å². The number of aryl methyl sites for hydroxylation is 2. The number of aromatic carboxylic acids is 1. The summed E-state index contributed by atoms with van der Waals surface area (Å²) in [5.41, 5.74) is 3.45. The number of anilines is 1. The van der Waals surface area contributed by atoms with Gasteiger partial charge in [0, 0.05) is 5.69 Å². The monoisotopic (exact) mass is 245 g/mol. The van der Waals surface area contributed by atoms with Crippen LogP contribution < -0.4 is 5.32 Å². The van der Waals surface area contributed by atoms with Gasteiger partial charge < -0.3 is 14.8 Å². The largest absolute Gasteiger partial charge is 0.475 e. The number of rotatable bonds is 4. The third-order valence-corrected chi connectivity index (χ3v) is 2.85. The summed E-state index contributed by atoms with van der Waals surface area (Å²) in [5, 5.41) is 11.9. The van der Waals surface area contributed by atoms with Gasteiger partial charge in [0.25, 0.3) is 0 Å². The van der Waals surface area contributed by atoms with E-state index in [1.807, 2.05) is 12.1 Å². The zero-order chi connectivity index (χ0) is 13.1. The molecule has 0 saturated carbocycles. The third-order valence-electron chi connectivity index (χ3n) is 2.85. The number of hydrogen-bond acceptors (Lipinski definition) is 3. The fourth-order valence-electron chi connectivity index (χ4n) is 1.63. The standard InChI is InChI=1S/C14H15NO3/c1-9-3-4-11(7-10(9)2)15-8-12-5-6-13(18-12)14(16)17/h3-7,15H,8H2,1-2H3,(H,16,17). The second kappa shape index (κ2) is 4.96. The van der Waals surface area contributed by atoms with Crippen molar-refractivity contribution in [1.29, 1.82) is 0 Å². The van der Waals surface area contributed by atoms with Crippen molar-refractivity contribution in [1.82, 2.24) is 0 Å². The maximum absolute atomic E-state index is 10.7. The van der Waals surface area contributed by atoms with Gasteiger partial charge in [-0.1, -0.05) is 6.07 Å². The number of furan rings is 1. The summed E-state index contributed by atoms with van der Waals surface area (Å²) in [6.45, 7) is 4.58. The van der Waals surface area contributed by atoms with Crippen molar-refractivity contribution in [2.24, 2.45) is 0 Å². The van der Waals surface area contributed by atoms with Gasteiger partial charge >= 0.3 is 5.97 Å². The highest BCUT2D eigenvalue weighted by molar-refractivity contribution is 5.84. The van der Waals surface area contributed by atoms with Crippen molar-refractivity contribution in [3.8, 4) is 0 Å². The maximum atomic E-state index is 10.7. The van der Waals surface area contributed by atoms with E-state index in [1.165, 1.54) is 17.2 Å². The van der Waals surface area contributed by atoms with Crippen molar-refractivity contribution in [2.45, 2.75) is 20.4 Å². The highest BCUT2D eigenvalue weighted by Gasteiger charge is 2.08. The number of nitrogens with one attached hydrogen (secondary N) is 1. The van der Waals surface area contributed by atoms with Crippen LogP contribution in [0, 0.1) is 13.8 Å². The van der Waals surface area contributed by atoms with E-state index in [0.717, 1.165) is 5.69 Å². The maximum Gasteiger partial charge on any atom is 0.371 e. The van der Waals surface area contributed by atoms with Crippen LogP contribution in [-0.2, 0) is 6.54 Å². The molecular formula is C14H15NO3. The van der Waals surface area contributed by atoms with E-state index in [0.29, 0.717) is 12.3 Å². The Morgan fingerprint density at radius 2 is 2.00 bits per heavy atom. The fourth-order valence-corrected chi connectivity index (χ4v) is 1.63. The lowest BCUT2D eigenvalue weighted by Crippen LogP contribution is -1.99. The molecule has 2 rings (SSSR count). The normalized spacial score (nSPS) is 10.3. The first-order valence-electron chi connectivity index (χ1n) is 5.69. The van der Waals surface area contributed by atoms with Crippen LogP contribution in [-0.4, -0.2) is 11.1 Å². The van der Waals surface area contributed by atoms with Gasteiger partial charge in [-0.25, -0.2) is 4.79 Å². The van der Waals surface area contributed by atoms with Gasteiger partial charge in [-0.05, 0) is 49.2 Å². The third kappa shape index (κ3) is 2.71. The highest BCUT2D eigenvalue weighted by Crippen LogP contribution is 2.16. The molecule has 1 aromatic carbocycles. The van der Waals surface area contributed by atoms with E-state index in [9.17, 15) is 4.79 Å². The van der Waals surface area contributed by atoms with Crippen LogP contribution in [0.1, 0.15) is 27.4 Å². The molecule has 2 aromatic rings. The van der Waals surface area contributed by atoms with Gasteiger partial charge in [-0.15, -0.1) is 0 Å². The van der Waals surface area contributed by atoms with E-state index < -0.39 is 5.97 Å². The Labute approximate surface area is 105 Å². The van der Waals surface area contributed by atoms with Crippen LogP contribution in [0.3, 0.4) is 0 Å². The first-order valence-corrected chi connectivity index (χ1v) is 5.69. The van der Waals surface area contributed by atoms with Gasteiger partial charge in [-0.2, -0.15) is 0 Å². The Kier molecular flexibility index (Phi) is 3.37. The predicted octanol–water partition coefficient (Wildman–Crippen LogP) is 3.21. The molecule has 1 aromatic heterocycles. The van der Waals surface area contributed by atoms with Gasteiger partial charge in [-0.3, -0.25) is 0 Å². The van der Waals surface area contributed by atoms with Crippen LogP contribution in [0.25, 0.3) is 0 Å². The Balaban J connectivity index is 2.02. The zero-order valence-corrected chi connectivity index (χ0v) is 10.4. The van der Waals surface area contributed by atoms with Gasteiger partial charge in [0.2, 0.25) is 5.76 Å². The molecule has 0 spiro atoms. The van der Waals surface area contributed by atoms with Crippen LogP contribution in [0.15, 0.2) is 34.7 Å². The van der Waals surface area contributed by atoms with Crippen molar-refractivity contribution in [3.63, 3.8) is 0 Å². The second-order valence-corrected chi connectivity index (χ2v) is 4.22. The van der Waals surface area contributed by atoms with Crippen molar-refractivity contribution < 1.29 is 14.3 Å². The Morgan fingerprint density at radius 1 is 1.22 bits per heavy atom. The molecule has 0 bridgehead atoms. The SMILES string of the molecule is Cc1ccc(NCc2ccc(C(=O)O)o2)cc1C. The summed E-state index contributed by atoms with van der Waals surface area (Å²) in [6, 6.07) is 9.21. The molecule has 0 unspecified atom stereocenters. The molecule has 0 aliphatic heterocycles. The summed E-state index contributed by atoms with van der Waals surface area (Å²) in [5.74, 6) is -0.482. The second-order valence-electron chi connectivity index (χ2n) is 4.22. The number of carboxylic acids is 1. The average Bonchev–Trinajstić information content (AvgIpc) is 2.79. The lowest BCUT2D eigenvalue weighted by molar-refractivity contribution is 0.0660. The minimum atomic E-state index is -1.05. The summed E-state index contributed by atoms with van der Waals surface area (Å²) in [6.07, 6.45) is 0. The molecule has 18 heavy (non-hydrogen) atoms. The zero-order valence-electron chi connectivity index (χ0n) is 10.4. The molecule has 0 amide bonds. The van der Waals surface area contributed by atoms with Gasteiger partial charge in [0.1, 0.15) is 5.76 Å². The number of hydrogen-bond donors (Lipinski definition) is 2. The van der Waals surface area contributed by atoms with E-state index in [4.69, 9.17) is 9.52 Å². The van der Waals surface area contributed by atoms with Gasteiger partial charge in [0.15, 0.2) is 0 Å². The highest BCUT2D eigenvalue weighted by atomic mass is 16.4. The first kappa shape index (κ1) is 12.2. The lowest BCUT2D eigenvalue weighted by Gasteiger charge is -2.07. The number of carboxylic acid groups (broad SMARTS) is 1. The molecule has 0 atom stereocenters. The van der Waals surface area contributed by atoms with Crippen LogP contribution >= 0.6 is 0 Å². The molecule has 0 aliphatic rings. The van der Waals surface area contributed by atoms with Crippen molar-refractivity contribution in [2.75, 3.05) is 5.32 Å². The van der Waals surface area contributed by atoms with E-state index in [-0.39, 0.29) is 5.76 Å². The van der Waals surface area contributed by atoms with Crippen LogP contribution in [0.4, 0.5) is 5.69 Å². The molecule has 4 nitrogen and oxygen atoms in total. The molecule has 4 heteroatoms. The average molecular weight is 245 g/mol. The summed E-state index contributed by atoms with van der Waals surface area (Å²) in [4.78, 5) is 10.7. The van der Waals surface area contributed by atoms with Crippen LogP contribution in [0.2, 0.25) is 0 Å². The van der Waals surface area contributed by atoms with Crippen LogP contribution in [0.5, 0.6) is 0 Å². The molecular weight excluding hydrogens is 230 g/mol. The molecule has 2 N–H and O–H groups in total. The molecule has 0 radical (unpaired) electrons. The molecule has 94 valence electrons.